The smallest absolute Gasteiger partial charge is 0.238 e. The van der Waals surface area contributed by atoms with E-state index in [9.17, 15) is 4.79 Å². The fraction of sp³-hybridized carbons (Fsp3) is 0.364. The molecule has 0 spiro atoms. The number of carbonyl (C=O) groups is 1. The number of nitrogens with zero attached hydrogens (tertiary/aromatic N) is 3. The zero-order chi connectivity index (χ0) is 19.9. The quantitative estimate of drug-likeness (QED) is 0.371. The topological polar surface area (TPSA) is 60.0 Å². The molecule has 0 aromatic heterocycles. The predicted molar refractivity (Wildman–Crippen MR) is 130 cm³/mol. The number of carbonyl (C=O) groups excluding carboxylic acids is 1. The van der Waals surface area contributed by atoms with Crippen molar-refractivity contribution in [1.29, 1.82) is 0 Å². The molecule has 3 rings (SSSR count). The van der Waals surface area contributed by atoms with Crippen molar-refractivity contribution in [2.24, 2.45) is 4.99 Å². The number of amides is 1. The van der Waals surface area contributed by atoms with Crippen LogP contribution in [0.4, 0.5) is 5.69 Å². The molecule has 1 heterocycles. The molecule has 0 fully saturated rings. The van der Waals surface area contributed by atoms with Gasteiger partial charge in [-0.2, -0.15) is 0 Å². The molecule has 6 nitrogen and oxygen atoms in total. The first-order valence-corrected chi connectivity index (χ1v) is 9.61. The van der Waals surface area contributed by atoms with Crippen molar-refractivity contribution in [3.63, 3.8) is 0 Å². The van der Waals surface area contributed by atoms with Crippen molar-refractivity contribution in [1.82, 2.24) is 15.1 Å². The fourth-order valence-electron chi connectivity index (χ4n) is 3.44. The van der Waals surface area contributed by atoms with E-state index in [1.807, 2.05) is 50.3 Å². The highest BCUT2D eigenvalue weighted by Gasteiger charge is 2.18. The van der Waals surface area contributed by atoms with Crippen LogP contribution in [0.15, 0.2) is 53.5 Å². The van der Waals surface area contributed by atoms with E-state index < -0.39 is 0 Å². The van der Waals surface area contributed by atoms with Gasteiger partial charge >= 0.3 is 0 Å². The Labute approximate surface area is 190 Å². The Hall–Kier alpha value is -2.13. The number of guanidine groups is 1. The van der Waals surface area contributed by atoms with Crippen LogP contribution >= 0.6 is 24.0 Å². The first-order valence-electron chi connectivity index (χ1n) is 9.61. The summed E-state index contributed by atoms with van der Waals surface area (Å²) in [5.74, 6) is 0.884. The lowest BCUT2D eigenvalue weighted by Gasteiger charge is -2.31. The van der Waals surface area contributed by atoms with Crippen LogP contribution in [0.3, 0.4) is 0 Å². The second-order valence-corrected chi connectivity index (χ2v) is 7.33. The van der Waals surface area contributed by atoms with Gasteiger partial charge in [-0.3, -0.25) is 9.79 Å². The zero-order valence-corrected chi connectivity index (χ0v) is 19.6. The first kappa shape index (κ1) is 23.2. The summed E-state index contributed by atoms with van der Waals surface area (Å²) in [6.07, 6.45) is 1.03. The molecule has 0 aliphatic carbocycles. The van der Waals surface area contributed by atoms with Crippen LogP contribution in [-0.4, -0.2) is 55.9 Å². The molecule has 2 N–H and O–H groups in total. The van der Waals surface area contributed by atoms with Crippen molar-refractivity contribution in [2.75, 3.05) is 39.5 Å². The van der Waals surface area contributed by atoms with Crippen molar-refractivity contribution < 1.29 is 4.79 Å². The zero-order valence-electron chi connectivity index (χ0n) is 17.3. The second-order valence-electron chi connectivity index (χ2n) is 7.33. The van der Waals surface area contributed by atoms with E-state index in [4.69, 9.17) is 0 Å². The van der Waals surface area contributed by atoms with Gasteiger partial charge in [0.25, 0.3) is 0 Å². The first-order chi connectivity index (χ1) is 13.5. The Bertz CT molecular complexity index is 853. The van der Waals surface area contributed by atoms with Crippen molar-refractivity contribution >= 4 is 41.5 Å². The molecule has 156 valence electrons. The van der Waals surface area contributed by atoms with Gasteiger partial charge in [0.15, 0.2) is 5.96 Å². The minimum atomic E-state index is -0.0158. The highest BCUT2D eigenvalue weighted by Crippen LogP contribution is 2.18. The molecule has 7 heteroatoms. The van der Waals surface area contributed by atoms with Gasteiger partial charge in [0.1, 0.15) is 0 Å². The third kappa shape index (κ3) is 6.71. The average molecular weight is 507 g/mol. The number of hydrogen-bond donors (Lipinski definition) is 2. The number of benzene rings is 2. The summed E-state index contributed by atoms with van der Waals surface area (Å²) in [6.45, 7) is 2.85. The maximum Gasteiger partial charge on any atom is 0.238 e. The Balaban J connectivity index is 0.00000300. The Kier molecular flexibility index (Phi) is 8.91. The molecular weight excluding hydrogens is 477 g/mol. The molecule has 0 radical (unpaired) electrons. The molecule has 2 aromatic rings. The van der Waals surface area contributed by atoms with Crippen LogP contribution in [-0.2, 0) is 24.3 Å². The minimum absolute atomic E-state index is 0. The van der Waals surface area contributed by atoms with Gasteiger partial charge in [-0.25, -0.2) is 0 Å². The second kappa shape index (κ2) is 11.2. The molecule has 0 bridgehead atoms. The number of hydrogen-bond acceptors (Lipinski definition) is 3. The molecule has 0 unspecified atom stereocenters. The molecule has 1 amide bonds. The van der Waals surface area contributed by atoms with Gasteiger partial charge in [-0.1, -0.05) is 36.4 Å². The van der Waals surface area contributed by atoms with Crippen LogP contribution < -0.4 is 10.6 Å². The van der Waals surface area contributed by atoms with Gasteiger partial charge in [0.05, 0.1) is 6.54 Å². The van der Waals surface area contributed by atoms with Gasteiger partial charge in [-0.05, 0) is 49.3 Å². The molecule has 1 aliphatic heterocycles. The minimum Gasteiger partial charge on any atom is -0.352 e. The van der Waals surface area contributed by atoms with E-state index >= 15 is 0 Å². The lowest BCUT2D eigenvalue weighted by atomic mass is 10.0. The number of rotatable bonds is 5. The van der Waals surface area contributed by atoms with Gasteiger partial charge in [-0.15, -0.1) is 24.0 Å². The van der Waals surface area contributed by atoms with Crippen LogP contribution in [0.5, 0.6) is 0 Å². The highest BCUT2D eigenvalue weighted by atomic mass is 127. The number of nitrogens with one attached hydrogen (secondary N) is 2. The summed E-state index contributed by atoms with van der Waals surface area (Å²) in [5, 5.41) is 6.39. The normalized spacial score (nSPS) is 13.5. The summed E-state index contributed by atoms with van der Waals surface area (Å²) in [5.41, 5.74) is 4.70. The lowest BCUT2D eigenvalue weighted by Crippen LogP contribution is -2.43. The molecule has 0 saturated carbocycles. The molecule has 0 saturated heterocycles. The summed E-state index contributed by atoms with van der Waals surface area (Å²) in [4.78, 5) is 20.6. The Morgan fingerprint density at radius 1 is 1.14 bits per heavy atom. The highest BCUT2D eigenvalue weighted by molar-refractivity contribution is 14.0. The third-order valence-electron chi connectivity index (χ3n) is 4.76. The van der Waals surface area contributed by atoms with E-state index in [0.29, 0.717) is 13.1 Å². The number of fused-ring (bicyclic) bond motifs is 1. The molecule has 0 atom stereocenters. The summed E-state index contributed by atoms with van der Waals surface area (Å²) < 4.78 is 0. The maximum absolute atomic E-state index is 12.0. The van der Waals surface area contributed by atoms with Crippen molar-refractivity contribution in [2.45, 2.75) is 19.5 Å². The Morgan fingerprint density at radius 2 is 1.90 bits per heavy atom. The summed E-state index contributed by atoms with van der Waals surface area (Å²) in [6, 6.07) is 16.5. The largest absolute Gasteiger partial charge is 0.352 e. The SMILES string of the molecule is CN=C(NCc1cccc(NC(=O)CN(C)C)c1)N1CCc2ccccc2C1.I. The van der Waals surface area contributed by atoms with E-state index in [-0.39, 0.29) is 29.9 Å². The van der Waals surface area contributed by atoms with Crippen molar-refractivity contribution in [3.8, 4) is 0 Å². The molecule has 1 aliphatic rings. The fourth-order valence-corrected chi connectivity index (χ4v) is 3.44. The number of likely N-dealkylation sites (N-methyl/N-ethyl adjacent to an activating group) is 1. The van der Waals surface area contributed by atoms with E-state index in [0.717, 1.165) is 36.7 Å². The predicted octanol–water partition coefficient (Wildman–Crippen LogP) is 2.94. The van der Waals surface area contributed by atoms with Gasteiger partial charge in [0.2, 0.25) is 5.91 Å². The van der Waals surface area contributed by atoms with Crippen LogP contribution in [0, 0.1) is 0 Å². The van der Waals surface area contributed by atoms with Gasteiger partial charge in [0, 0.05) is 32.4 Å². The van der Waals surface area contributed by atoms with Crippen LogP contribution in [0.25, 0.3) is 0 Å². The van der Waals surface area contributed by atoms with E-state index in [1.54, 1.807) is 0 Å². The molecule has 29 heavy (non-hydrogen) atoms. The van der Waals surface area contributed by atoms with E-state index in [1.165, 1.54) is 11.1 Å². The lowest BCUT2D eigenvalue weighted by molar-refractivity contribution is -0.116. The summed E-state index contributed by atoms with van der Waals surface area (Å²) >= 11 is 0. The maximum atomic E-state index is 12.0. The monoisotopic (exact) mass is 507 g/mol. The van der Waals surface area contributed by atoms with Crippen LogP contribution in [0.1, 0.15) is 16.7 Å². The van der Waals surface area contributed by atoms with Crippen molar-refractivity contribution in [3.05, 3.63) is 65.2 Å². The Morgan fingerprint density at radius 3 is 2.62 bits per heavy atom. The molecular formula is C22H30IN5O. The number of halogens is 1. The van der Waals surface area contributed by atoms with Gasteiger partial charge < -0.3 is 20.4 Å². The number of anilines is 1. The molecule has 2 aromatic carbocycles. The number of aliphatic imine (C=N–C) groups is 1. The van der Waals surface area contributed by atoms with E-state index in [2.05, 4.69) is 44.8 Å². The average Bonchev–Trinajstić information content (AvgIpc) is 2.68. The third-order valence-corrected chi connectivity index (χ3v) is 4.76. The van der Waals surface area contributed by atoms with Crippen LogP contribution in [0.2, 0.25) is 0 Å². The summed E-state index contributed by atoms with van der Waals surface area (Å²) in [7, 11) is 5.58. The standard InChI is InChI=1S/C22H29N5O.HI/c1-23-22(27-12-11-18-8-4-5-9-19(18)15-27)24-14-17-7-6-10-20(13-17)25-21(28)16-26(2)3;/h4-10,13H,11-12,14-16H2,1-3H3,(H,23,24)(H,25,28);1H.